The molecule has 1 unspecified atom stereocenters. The van der Waals surface area contributed by atoms with E-state index in [2.05, 4.69) is 13.8 Å². The first-order chi connectivity index (χ1) is 6.80. The second kappa shape index (κ2) is 4.12. The summed E-state index contributed by atoms with van der Waals surface area (Å²) in [5.41, 5.74) is -0.332. The molecular formula is C12H23NO2. The lowest BCUT2D eigenvalue weighted by Crippen LogP contribution is -2.50. The van der Waals surface area contributed by atoms with Gasteiger partial charge in [-0.05, 0) is 45.2 Å². The molecule has 0 saturated heterocycles. The molecule has 1 saturated carbocycles. The van der Waals surface area contributed by atoms with Gasteiger partial charge in [0.2, 0.25) is 0 Å². The Morgan fingerprint density at radius 1 is 1.13 bits per heavy atom. The minimum absolute atomic E-state index is 0.299. The van der Waals surface area contributed by atoms with Crippen LogP contribution in [0.2, 0.25) is 0 Å². The van der Waals surface area contributed by atoms with Crippen LogP contribution >= 0.6 is 0 Å². The van der Waals surface area contributed by atoms with Crippen molar-refractivity contribution in [3.05, 3.63) is 0 Å². The molecule has 0 bridgehead atoms. The Morgan fingerprint density at radius 2 is 1.73 bits per heavy atom. The van der Waals surface area contributed by atoms with Gasteiger partial charge in [0.05, 0.1) is 0 Å². The maximum absolute atomic E-state index is 11.4. The number of aliphatic carboxylic acids is 1. The second-order valence-corrected chi connectivity index (χ2v) is 5.75. The fraction of sp³-hybridized carbons (Fsp3) is 0.917. The summed E-state index contributed by atoms with van der Waals surface area (Å²) in [5, 5.41) is 9.41. The molecular weight excluding hydrogens is 190 g/mol. The predicted molar refractivity (Wildman–Crippen MR) is 60.9 cm³/mol. The van der Waals surface area contributed by atoms with Crippen molar-refractivity contribution in [3.63, 3.8) is 0 Å². The molecule has 15 heavy (non-hydrogen) atoms. The summed E-state index contributed by atoms with van der Waals surface area (Å²) in [5.74, 6) is -0.662. The zero-order valence-corrected chi connectivity index (χ0v) is 10.3. The number of nitrogens with zero attached hydrogens (tertiary/aromatic N) is 1. The predicted octanol–water partition coefficient (Wildman–Crippen LogP) is 2.36. The molecule has 0 aliphatic heterocycles. The average molecular weight is 213 g/mol. The third-order valence-electron chi connectivity index (χ3n) is 3.91. The molecule has 1 rings (SSSR count). The molecule has 1 aliphatic carbocycles. The highest BCUT2D eigenvalue weighted by Crippen LogP contribution is 2.40. The zero-order chi connectivity index (χ0) is 11.7. The lowest BCUT2D eigenvalue weighted by atomic mass is 9.83. The van der Waals surface area contributed by atoms with Crippen LogP contribution in [0.25, 0.3) is 0 Å². The lowest BCUT2D eigenvalue weighted by Gasteiger charge is -2.35. The van der Waals surface area contributed by atoms with Crippen LogP contribution in [-0.2, 0) is 4.79 Å². The molecule has 0 heterocycles. The smallest absolute Gasteiger partial charge is 0.324 e. The summed E-state index contributed by atoms with van der Waals surface area (Å²) in [7, 11) is 3.76. The van der Waals surface area contributed by atoms with E-state index < -0.39 is 11.5 Å². The number of carboxylic acid groups (broad SMARTS) is 1. The summed E-state index contributed by atoms with van der Waals surface area (Å²) < 4.78 is 0. The monoisotopic (exact) mass is 213 g/mol. The zero-order valence-electron chi connectivity index (χ0n) is 10.3. The third kappa shape index (κ3) is 2.51. The van der Waals surface area contributed by atoms with E-state index in [9.17, 15) is 9.90 Å². The van der Waals surface area contributed by atoms with Gasteiger partial charge in [-0.2, -0.15) is 0 Å². The Morgan fingerprint density at radius 3 is 2.20 bits per heavy atom. The van der Waals surface area contributed by atoms with Gasteiger partial charge in [-0.15, -0.1) is 0 Å². The van der Waals surface area contributed by atoms with E-state index in [0.717, 1.165) is 32.1 Å². The minimum atomic E-state index is -0.662. The van der Waals surface area contributed by atoms with Crippen LogP contribution in [0.3, 0.4) is 0 Å². The summed E-state index contributed by atoms with van der Waals surface area (Å²) >= 11 is 0. The highest BCUT2D eigenvalue weighted by Gasteiger charge is 2.43. The van der Waals surface area contributed by atoms with E-state index >= 15 is 0 Å². The number of hydrogen-bond donors (Lipinski definition) is 1. The van der Waals surface area contributed by atoms with Gasteiger partial charge < -0.3 is 5.11 Å². The Bertz CT molecular complexity index is 248. The quantitative estimate of drug-likeness (QED) is 0.716. The van der Waals surface area contributed by atoms with Crippen molar-refractivity contribution in [1.82, 2.24) is 4.90 Å². The second-order valence-electron chi connectivity index (χ2n) is 5.75. The SMILES string of the molecule is CN(C)C1(C(=O)O)CCCC(C)(C)CC1. The highest BCUT2D eigenvalue weighted by molar-refractivity contribution is 5.78. The lowest BCUT2D eigenvalue weighted by molar-refractivity contribution is -0.151. The van der Waals surface area contributed by atoms with Crippen LogP contribution in [0.15, 0.2) is 0 Å². The summed E-state index contributed by atoms with van der Waals surface area (Å²) in [4.78, 5) is 13.3. The molecule has 1 fully saturated rings. The molecule has 3 heteroatoms. The molecule has 88 valence electrons. The number of likely N-dealkylation sites (N-methyl/N-ethyl adjacent to an activating group) is 1. The Hall–Kier alpha value is -0.570. The van der Waals surface area contributed by atoms with Gasteiger partial charge in [0.15, 0.2) is 0 Å². The number of hydrogen-bond acceptors (Lipinski definition) is 2. The summed E-state index contributed by atoms with van der Waals surface area (Å²) in [6.45, 7) is 4.47. The highest BCUT2D eigenvalue weighted by atomic mass is 16.4. The van der Waals surface area contributed by atoms with Crippen molar-refractivity contribution in [3.8, 4) is 0 Å². The van der Waals surface area contributed by atoms with Gasteiger partial charge >= 0.3 is 5.97 Å². The molecule has 0 spiro atoms. The van der Waals surface area contributed by atoms with Crippen LogP contribution in [0.5, 0.6) is 0 Å². The van der Waals surface area contributed by atoms with E-state index in [-0.39, 0.29) is 0 Å². The van der Waals surface area contributed by atoms with Crippen LogP contribution in [0, 0.1) is 5.41 Å². The first kappa shape index (κ1) is 12.5. The minimum Gasteiger partial charge on any atom is -0.480 e. The van der Waals surface area contributed by atoms with Gasteiger partial charge in [0.25, 0.3) is 0 Å². The van der Waals surface area contributed by atoms with E-state index in [1.165, 1.54) is 0 Å². The number of carboxylic acids is 1. The Kier molecular flexibility index (Phi) is 3.44. The summed E-state index contributed by atoms with van der Waals surface area (Å²) in [6.07, 6.45) is 4.69. The molecule has 0 aromatic heterocycles. The molecule has 1 aliphatic rings. The maximum atomic E-state index is 11.4. The number of carbonyl (C=O) groups is 1. The standard InChI is InChI=1S/C12H23NO2/c1-11(2)6-5-7-12(9-8-11,10(14)15)13(3)4/h5-9H2,1-4H3,(H,14,15). The van der Waals surface area contributed by atoms with Crippen molar-refractivity contribution in [2.24, 2.45) is 5.41 Å². The van der Waals surface area contributed by atoms with E-state index in [1.54, 1.807) is 0 Å². The van der Waals surface area contributed by atoms with E-state index in [0.29, 0.717) is 5.41 Å². The average Bonchev–Trinajstić information content (AvgIpc) is 2.24. The van der Waals surface area contributed by atoms with Crippen molar-refractivity contribution in [2.75, 3.05) is 14.1 Å². The fourth-order valence-corrected chi connectivity index (χ4v) is 2.51. The van der Waals surface area contributed by atoms with Crippen LogP contribution in [0.4, 0.5) is 0 Å². The van der Waals surface area contributed by atoms with Crippen molar-refractivity contribution in [2.45, 2.75) is 51.5 Å². The Labute approximate surface area is 92.5 Å². The normalized spacial score (nSPS) is 31.3. The largest absolute Gasteiger partial charge is 0.480 e. The molecule has 0 aromatic rings. The van der Waals surface area contributed by atoms with Crippen LogP contribution in [0.1, 0.15) is 46.0 Å². The van der Waals surface area contributed by atoms with Gasteiger partial charge in [-0.3, -0.25) is 9.69 Å². The van der Waals surface area contributed by atoms with Crippen molar-refractivity contribution < 1.29 is 9.90 Å². The van der Waals surface area contributed by atoms with E-state index in [1.807, 2.05) is 19.0 Å². The molecule has 0 aromatic carbocycles. The first-order valence-electron chi connectivity index (χ1n) is 5.71. The molecule has 3 nitrogen and oxygen atoms in total. The van der Waals surface area contributed by atoms with Crippen molar-refractivity contribution >= 4 is 5.97 Å². The molecule has 1 N–H and O–H groups in total. The van der Waals surface area contributed by atoms with Gasteiger partial charge in [0, 0.05) is 0 Å². The topological polar surface area (TPSA) is 40.5 Å². The third-order valence-corrected chi connectivity index (χ3v) is 3.91. The number of rotatable bonds is 2. The molecule has 0 radical (unpaired) electrons. The van der Waals surface area contributed by atoms with E-state index in [4.69, 9.17) is 0 Å². The maximum Gasteiger partial charge on any atom is 0.324 e. The fourth-order valence-electron chi connectivity index (χ4n) is 2.51. The molecule has 0 amide bonds. The van der Waals surface area contributed by atoms with Crippen LogP contribution < -0.4 is 0 Å². The molecule has 1 atom stereocenters. The van der Waals surface area contributed by atoms with Gasteiger partial charge in [-0.25, -0.2) is 0 Å². The van der Waals surface area contributed by atoms with Crippen molar-refractivity contribution in [1.29, 1.82) is 0 Å². The Balaban J connectivity index is 2.88. The first-order valence-corrected chi connectivity index (χ1v) is 5.71. The van der Waals surface area contributed by atoms with Crippen LogP contribution in [-0.4, -0.2) is 35.6 Å². The van der Waals surface area contributed by atoms with Gasteiger partial charge in [0.1, 0.15) is 5.54 Å². The van der Waals surface area contributed by atoms with Gasteiger partial charge in [-0.1, -0.05) is 20.3 Å². The summed E-state index contributed by atoms with van der Waals surface area (Å²) in [6, 6.07) is 0.